The number of anilines is 1. The van der Waals surface area contributed by atoms with E-state index in [9.17, 15) is 4.79 Å². The highest BCUT2D eigenvalue weighted by molar-refractivity contribution is 5.94. The number of carbonyl (C=O) groups is 1. The maximum Gasteiger partial charge on any atom is 0.246 e. The van der Waals surface area contributed by atoms with Crippen LogP contribution in [0.25, 0.3) is 11.0 Å². The van der Waals surface area contributed by atoms with Crippen LogP contribution in [0.2, 0.25) is 0 Å². The highest BCUT2D eigenvalue weighted by Gasteiger charge is 2.20. The molecule has 2 aromatic carbocycles. The Morgan fingerprint density at radius 1 is 1.00 bits per heavy atom. The van der Waals surface area contributed by atoms with E-state index in [1.54, 1.807) is 0 Å². The number of piperidine rings is 1. The fourth-order valence-electron chi connectivity index (χ4n) is 4.07. The summed E-state index contributed by atoms with van der Waals surface area (Å²) in [4.78, 5) is 22.4. The van der Waals surface area contributed by atoms with Crippen molar-refractivity contribution in [1.29, 1.82) is 0 Å². The molecule has 5 heteroatoms. The Balaban J connectivity index is 1.62. The number of hydrogen-bond donors (Lipinski definition) is 0. The van der Waals surface area contributed by atoms with E-state index >= 15 is 0 Å². The molecule has 1 amide bonds. The van der Waals surface area contributed by atoms with Crippen LogP contribution >= 0.6 is 0 Å². The largest absolute Gasteiger partial charge is 0.317 e. The van der Waals surface area contributed by atoms with Crippen molar-refractivity contribution in [3.63, 3.8) is 0 Å². The molecule has 1 aromatic heterocycles. The third kappa shape index (κ3) is 3.94. The van der Waals surface area contributed by atoms with Crippen molar-refractivity contribution in [2.24, 2.45) is 0 Å². The number of rotatable bonds is 6. The summed E-state index contributed by atoms with van der Waals surface area (Å²) in [6.45, 7) is 6.01. The van der Waals surface area contributed by atoms with Gasteiger partial charge in [-0.05, 0) is 57.1 Å². The molecule has 0 spiro atoms. The Bertz CT molecular complexity index is 928. The predicted octanol–water partition coefficient (Wildman–Crippen LogP) is 4.08. The number of para-hydroxylation sites is 3. The van der Waals surface area contributed by atoms with Gasteiger partial charge in [0, 0.05) is 12.2 Å². The van der Waals surface area contributed by atoms with Gasteiger partial charge in [-0.25, -0.2) is 4.98 Å². The first-order valence-electron chi connectivity index (χ1n) is 10.3. The summed E-state index contributed by atoms with van der Waals surface area (Å²) in [6.07, 6.45) is 3.81. The van der Waals surface area contributed by atoms with E-state index in [-0.39, 0.29) is 5.91 Å². The van der Waals surface area contributed by atoms with Crippen LogP contribution in [0, 0.1) is 0 Å². The summed E-state index contributed by atoms with van der Waals surface area (Å²) < 4.78 is 2.11. The minimum absolute atomic E-state index is 0.0942. The zero-order chi connectivity index (χ0) is 19.3. The fourth-order valence-corrected chi connectivity index (χ4v) is 4.07. The highest BCUT2D eigenvalue weighted by atomic mass is 16.2. The summed E-state index contributed by atoms with van der Waals surface area (Å²) in [7, 11) is 0. The number of hydrogen-bond acceptors (Lipinski definition) is 3. The van der Waals surface area contributed by atoms with E-state index in [1.165, 1.54) is 19.3 Å². The zero-order valence-corrected chi connectivity index (χ0v) is 16.6. The first-order chi connectivity index (χ1) is 13.8. The molecule has 1 aliphatic rings. The van der Waals surface area contributed by atoms with Gasteiger partial charge in [0.15, 0.2) is 0 Å². The van der Waals surface area contributed by atoms with E-state index in [1.807, 2.05) is 60.4 Å². The Hall–Kier alpha value is -2.66. The van der Waals surface area contributed by atoms with Gasteiger partial charge < -0.3 is 9.47 Å². The summed E-state index contributed by atoms with van der Waals surface area (Å²) >= 11 is 0. The molecule has 0 aliphatic carbocycles. The average Bonchev–Trinajstić information content (AvgIpc) is 3.07. The normalized spacial score (nSPS) is 15.0. The first-order valence-corrected chi connectivity index (χ1v) is 10.3. The number of aromatic nitrogens is 2. The quantitative estimate of drug-likeness (QED) is 0.651. The first kappa shape index (κ1) is 18.7. The summed E-state index contributed by atoms with van der Waals surface area (Å²) in [5.74, 6) is 1.08. The SMILES string of the molecule is CCN(C(=O)Cn1c(CN2CCCCC2)nc2ccccc21)c1ccccc1. The Morgan fingerprint density at radius 3 is 2.46 bits per heavy atom. The van der Waals surface area contributed by atoms with Crippen LogP contribution in [-0.4, -0.2) is 40.0 Å². The third-order valence-electron chi connectivity index (χ3n) is 5.53. The van der Waals surface area contributed by atoms with Crippen LogP contribution in [0.3, 0.4) is 0 Å². The molecule has 146 valence electrons. The Labute approximate surface area is 166 Å². The monoisotopic (exact) mass is 376 g/mol. The van der Waals surface area contributed by atoms with Gasteiger partial charge in [0.25, 0.3) is 0 Å². The second-order valence-corrected chi connectivity index (χ2v) is 7.41. The lowest BCUT2D eigenvalue weighted by Gasteiger charge is -2.27. The molecular formula is C23H28N4O. The molecule has 0 unspecified atom stereocenters. The summed E-state index contributed by atoms with van der Waals surface area (Å²) in [5.41, 5.74) is 2.94. The van der Waals surface area contributed by atoms with Gasteiger partial charge in [-0.3, -0.25) is 9.69 Å². The van der Waals surface area contributed by atoms with Gasteiger partial charge in [-0.15, -0.1) is 0 Å². The Kier molecular flexibility index (Phi) is 5.72. The van der Waals surface area contributed by atoms with E-state index in [0.29, 0.717) is 13.1 Å². The van der Waals surface area contributed by atoms with E-state index in [2.05, 4.69) is 15.5 Å². The smallest absolute Gasteiger partial charge is 0.246 e. The summed E-state index contributed by atoms with van der Waals surface area (Å²) in [6, 6.07) is 18.0. The lowest BCUT2D eigenvalue weighted by Crippen LogP contribution is -2.35. The number of likely N-dealkylation sites (tertiary alicyclic amines) is 1. The number of amides is 1. The van der Waals surface area contributed by atoms with Crippen molar-refractivity contribution in [3.05, 3.63) is 60.4 Å². The van der Waals surface area contributed by atoms with Crippen LogP contribution < -0.4 is 4.90 Å². The molecule has 28 heavy (non-hydrogen) atoms. The second kappa shape index (κ2) is 8.57. The number of nitrogens with zero attached hydrogens (tertiary/aromatic N) is 4. The number of imidazole rings is 1. The zero-order valence-electron chi connectivity index (χ0n) is 16.6. The molecule has 2 heterocycles. The molecule has 1 saturated heterocycles. The molecule has 3 aromatic rings. The second-order valence-electron chi connectivity index (χ2n) is 7.41. The van der Waals surface area contributed by atoms with Crippen LogP contribution in [0.1, 0.15) is 32.0 Å². The topological polar surface area (TPSA) is 41.4 Å². The molecule has 1 fully saturated rings. The van der Waals surface area contributed by atoms with Gasteiger partial charge in [-0.1, -0.05) is 36.8 Å². The maximum atomic E-state index is 13.2. The van der Waals surface area contributed by atoms with E-state index in [4.69, 9.17) is 4.98 Å². The van der Waals surface area contributed by atoms with Crippen LogP contribution in [0.5, 0.6) is 0 Å². The molecule has 1 aliphatic heterocycles. The van der Waals surface area contributed by atoms with Crippen molar-refractivity contribution in [3.8, 4) is 0 Å². The van der Waals surface area contributed by atoms with E-state index < -0.39 is 0 Å². The van der Waals surface area contributed by atoms with Gasteiger partial charge in [0.05, 0.1) is 17.6 Å². The minimum Gasteiger partial charge on any atom is -0.317 e. The molecule has 5 nitrogen and oxygen atoms in total. The molecule has 0 radical (unpaired) electrons. The molecule has 0 saturated carbocycles. The van der Waals surface area contributed by atoms with Crippen molar-refractivity contribution >= 4 is 22.6 Å². The molecular weight excluding hydrogens is 348 g/mol. The number of likely N-dealkylation sites (N-methyl/N-ethyl adjacent to an activating group) is 1. The number of benzene rings is 2. The number of carbonyl (C=O) groups excluding carboxylic acids is 1. The van der Waals surface area contributed by atoms with Crippen molar-refractivity contribution in [1.82, 2.24) is 14.5 Å². The maximum absolute atomic E-state index is 13.2. The molecule has 0 atom stereocenters. The van der Waals surface area contributed by atoms with Crippen LogP contribution in [-0.2, 0) is 17.9 Å². The Morgan fingerprint density at radius 2 is 1.71 bits per heavy atom. The fraction of sp³-hybridized carbons (Fsp3) is 0.391. The lowest BCUT2D eigenvalue weighted by atomic mass is 10.1. The predicted molar refractivity (Wildman–Crippen MR) is 113 cm³/mol. The lowest BCUT2D eigenvalue weighted by molar-refractivity contribution is -0.119. The van der Waals surface area contributed by atoms with Crippen molar-refractivity contribution in [2.45, 2.75) is 39.3 Å². The minimum atomic E-state index is 0.0942. The average molecular weight is 377 g/mol. The van der Waals surface area contributed by atoms with E-state index in [0.717, 1.165) is 42.2 Å². The summed E-state index contributed by atoms with van der Waals surface area (Å²) in [5, 5.41) is 0. The van der Waals surface area contributed by atoms with Gasteiger partial charge in [-0.2, -0.15) is 0 Å². The molecule has 0 bridgehead atoms. The molecule has 4 rings (SSSR count). The van der Waals surface area contributed by atoms with Crippen LogP contribution in [0.15, 0.2) is 54.6 Å². The third-order valence-corrected chi connectivity index (χ3v) is 5.53. The highest BCUT2D eigenvalue weighted by Crippen LogP contribution is 2.21. The van der Waals surface area contributed by atoms with Crippen molar-refractivity contribution < 1.29 is 4.79 Å². The number of fused-ring (bicyclic) bond motifs is 1. The standard InChI is InChI=1S/C23H28N4O/c1-2-26(19-11-5-3-6-12-19)23(28)18-27-21-14-8-7-13-20(21)24-22(27)17-25-15-9-4-10-16-25/h3,5-8,11-14H,2,4,9-10,15-18H2,1H3. The van der Waals surface area contributed by atoms with Gasteiger partial charge >= 0.3 is 0 Å². The molecule has 0 N–H and O–H groups in total. The van der Waals surface area contributed by atoms with Gasteiger partial charge in [0.1, 0.15) is 12.4 Å². The van der Waals surface area contributed by atoms with Crippen LogP contribution in [0.4, 0.5) is 5.69 Å². The van der Waals surface area contributed by atoms with Gasteiger partial charge in [0.2, 0.25) is 5.91 Å². The van der Waals surface area contributed by atoms with Crippen molar-refractivity contribution in [2.75, 3.05) is 24.5 Å².